The van der Waals surface area contributed by atoms with Crippen molar-refractivity contribution in [3.63, 3.8) is 0 Å². The van der Waals surface area contributed by atoms with Gasteiger partial charge in [0.2, 0.25) is 0 Å². The Balaban J connectivity index is 1.66. The number of aliphatic hydroxyl groups is 1. The minimum absolute atomic E-state index is 0.0546. The van der Waals surface area contributed by atoms with Crippen LogP contribution in [0.2, 0.25) is 0 Å². The molecule has 29 heavy (non-hydrogen) atoms. The molecule has 5 nitrogen and oxygen atoms in total. The van der Waals surface area contributed by atoms with Crippen molar-refractivity contribution in [1.82, 2.24) is 14.9 Å². The zero-order valence-electron chi connectivity index (χ0n) is 15.0. The predicted molar refractivity (Wildman–Crippen MR) is 89.7 cm³/mol. The first-order valence-corrected chi connectivity index (χ1v) is 8.76. The number of hydrogen-bond acceptors (Lipinski definition) is 5. The van der Waals surface area contributed by atoms with E-state index in [1.54, 1.807) is 0 Å². The number of alkyl halides is 3. The molecule has 1 aromatic heterocycles. The molecule has 158 valence electrons. The number of aromatic nitrogens is 2. The second kappa shape index (κ2) is 8.25. The van der Waals surface area contributed by atoms with Crippen LogP contribution in [0.25, 0.3) is 0 Å². The van der Waals surface area contributed by atoms with Gasteiger partial charge >= 0.3 is 6.18 Å². The molecule has 1 aliphatic heterocycles. The maximum Gasteiger partial charge on any atom is 0.434 e. The maximum atomic E-state index is 13.8. The molecular weight excluding hydrogens is 402 g/mol. The third-order valence-corrected chi connectivity index (χ3v) is 4.96. The number of nitrogens with two attached hydrogens (primary N) is 1. The molecule has 1 fully saturated rings. The second-order valence-electron chi connectivity index (χ2n) is 6.97. The highest BCUT2D eigenvalue weighted by Crippen LogP contribution is 2.30. The predicted octanol–water partition coefficient (Wildman–Crippen LogP) is 2.80. The Labute approximate surface area is 162 Å². The Bertz CT molecular complexity index is 878. The molecule has 3 atom stereocenters. The van der Waals surface area contributed by atoms with Crippen LogP contribution in [0.1, 0.15) is 29.6 Å². The standard InChI is InChI=1S/C18H18F6N4O/c19-11-5-13(21)12(20)3-10(11)4-14(25)9-1-2-28(8-9)17(29)15-6-26-7-16(27-15)18(22,23)24/h3,5-7,9,14,17,29H,1-2,4,8,25H2. The van der Waals surface area contributed by atoms with Crippen molar-refractivity contribution in [3.8, 4) is 0 Å². The van der Waals surface area contributed by atoms with Gasteiger partial charge in [0.25, 0.3) is 0 Å². The summed E-state index contributed by atoms with van der Waals surface area (Å²) in [5, 5.41) is 10.4. The lowest BCUT2D eigenvalue weighted by atomic mass is 9.93. The summed E-state index contributed by atoms with van der Waals surface area (Å²) in [6, 6.07) is 0.581. The van der Waals surface area contributed by atoms with Gasteiger partial charge in [0.05, 0.1) is 12.4 Å². The molecule has 0 bridgehead atoms. The van der Waals surface area contributed by atoms with Gasteiger partial charge in [-0.2, -0.15) is 13.2 Å². The summed E-state index contributed by atoms with van der Waals surface area (Å²) in [7, 11) is 0. The van der Waals surface area contributed by atoms with E-state index >= 15 is 0 Å². The van der Waals surface area contributed by atoms with Gasteiger partial charge in [0.1, 0.15) is 11.5 Å². The van der Waals surface area contributed by atoms with Crippen LogP contribution in [0.4, 0.5) is 26.3 Å². The van der Waals surface area contributed by atoms with Crippen molar-refractivity contribution in [2.45, 2.75) is 31.3 Å². The van der Waals surface area contributed by atoms with E-state index in [-0.39, 0.29) is 30.1 Å². The minimum atomic E-state index is -4.69. The average molecular weight is 420 g/mol. The summed E-state index contributed by atoms with van der Waals surface area (Å²) in [5.74, 6) is -3.62. The highest BCUT2D eigenvalue weighted by molar-refractivity contribution is 5.21. The summed E-state index contributed by atoms with van der Waals surface area (Å²) in [6.07, 6.45) is -4.06. The third kappa shape index (κ3) is 4.85. The fourth-order valence-electron chi connectivity index (χ4n) is 3.36. The van der Waals surface area contributed by atoms with Crippen LogP contribution in [-0.2, 0) is 12.6 Å². The Morgan fingerprint density at radius 3 is 2.52 bits per heavy atom. The quantitative estimate of drug-likeness (QED) is 0.575. The smallest absolute Gasteiger partial charge is 0.372 e. The van der Waals surface area contributed by atoms with Gasteiger partial charge in [-0.25, -0.2) is 18.2 Å². The Hall–Kier alpha value is -2.24. The molecule has 0 radical (unpaired) electrons. The monoisotopic (exact) mass is 420 g/mol. The maximum absolute atomic E-state index is 13.8. The Kier molecular flexibility index (Phi) is 6.11. The van der Waals surface area contributed by atoms with Crippen molar-refractivity contribution < 1.29 is 31.4 Å². The SMILES string of the molecule is NC(Cc1cc(F)c(F)cc1F)C1CCN(C(O)c2cncc(C(F)(F)F)n2)C1. The lowest BCUT2D eigenvalue weighted by Crippen LogP contribution is -2.36. The summed E-state index contributed by atoms with van der Waals surface area (Å²) in [6.45, 7) is 0.531. The van der Waals surface area contributed by atoms with Crippen LogP contribution >= 0.6 is 0 Å². The number of likely N-dealkylation sites (tertiary alicyclic amines) is 1. The normalized spacial score (nSPS) is 20.1. The third-order valence-electron chi connectivity index (χ3n) is 4.96. The lowest BCUT2D eigenvalue weighted by molar-refractivity contribution is -0.141. The fourth-order valence-corrected chi connectivity index (χ4v) is 3.36. The zero-order chi connectivity index (χ0) is 21.3. The highest BCUT2D eigenvalue weighted by atomic mass is 19.4. The van der Waals surface area contributed by atoms with Crippen molar-refractivity contribution in [3.05, 3.63) is 58.9 Å². The van der Waals surface area contributed by atoms with Crippen LogP contribution < -0.4 is 5.73 Å². The first kappa shape index (κ1) is 21.5. The number of halogens is 6. The summed E-state index contributed by atoms with van der Waals surface area (Å²) in [4.78, 5) is 8.38. The van der Waals surface area contributed by atoms with Gasteiger partial charge in [0, 0.05) is 25.2 Å². The fraction of sp³-hybridized carbons (Fsp3) is 0.444. The Morgan fingerprint density at radius 2 is 1.83 bits per heavy atom. The molecule has 0 spiro atoms. The first-order chi connectivity index (χ1) is 13.6. The first-order valence-electron chi connectivity index (χ1n) is 8.76. The van der Waals surface area contributed by atoms with Crippen molar-refractivity contribution in [2.24, 2.45) is 11.7 Å². The summed E-state index contributed by atoms with van der Waals surface area (Å²) in [5.41, 5.74) is 4.55. The van der Waals surface area contributed by atoms with Crippen molar-refractivity contribution >= 4 is 0 Å². The van der Waals surface area contributed by atoms with Crippen molar-refractivity contribution in [1.29, 1.82) is 0 Å². The topological polar surface area (TPSA) is 75.3 Å². The molecule has 3 rings (SSSR count). The molecule has 2 aromatic rings. The van der Waals surface area contributed by atoms with E-state index in [1.165, 1.54) is 4.90 Å². The molecule has 3 N–H and O–H groups in total. The zero-order valence-corrected chi connectivity index (χ0v) is 15.0. The molecule has 0 amide bonds. The van der Waals surface area contributed by atoms with Crippen LogP contribution in [0, 0.1) is 23.4 Å². The Morgan fingerprint density at radius 1 is 1.14 bits per heavy atom. The number of nitrogens with zero attached hydrogens (tertiary/aromatic N) is 3. The molecule has 1 aromatic carbocycles. The largest absolute Gasteiger partial charge is 0.434 e. The van der Waals surface area contributed by atoms with E-state index in [1.807, 2.05) is 0 Å². The highest BCUT2D eigenvalue weighted by Gasteiger charge is 2.36. The minimum Gasteiger partial charge on any atom is -0.372 e. The molecule has 3 unspecified atom stereocenters. The second-order valence-corrected chi connectivity index (χ2v) is 6.97. The summed E-state index contributed by atoms with van der Waals surface area (Å²) < 4.78 is 78.5. The lowest BCUT2D eigenvalue weighted by Gasteiger charge is -2.24. The van der Waals surface area contributed by atoms with Gasteiger partial charge < -0.3 is 10.8 Å². The molecule has 0 aliphatic carbocycles. The van der Waals surface area contributed by atoms with E-state index in [0.717, 1.165) is 12.3 Å². The summed E-state index contributed by atoms with van der Waals surface area (Å²) >= 11 is 0. The van der Waals surface area contributed by atoms with E-state index in [0.29, 0.717) is 25.2 Å². The van der Waals surface area contributed by atoms with E-state index in [9.17, 15) is 31.4 Å². The van der Waals surface area contributed by atoms with Gasteiger partial charge in [-0.05, 0) is 30.4 Å². The van der Waals surface area contributed by atoms with Gasteiger partial charge in [0.15, 0.2) is 23.6 Å². The number of rotatable bonds is 5. The van der Waals surface area contributed by atoms with E-state index in [2.05, 4.69) is 9.97 Å². The number of benzene rings is 1. The average Bonchev–Trinajstić information content (AvgIpc) is 3.15. The van der Waals surface area contributed by atoms with Gasteiger partial charge in [-0.3, -0.25) is 9.88 Å². The van der Waals surface area contributed by atoms with Crippen LogP contribution in [-0.4, -0.2) is 39.1 Å². The molecule has 2 heterocycles. The molecule has 1 saturated heterocycles. The molecule has 11 heteroatoms. The number of hydrogen-bond donors (Lipinski definition) is 2. The van der Waals surface area contributed by atoms with Gasteiger partial charge in [-0.15, -0.1) is 0 Å². The molecular formula is C18H18F6N4O. The molecule has 1 aliphatic rings. The van der Waals surface area contributed by atoms with Crippen LogP contribution in [0.3, 0.4) is 0 Å². The van der Waals surface area contributed by atoms with E-state index in [4.69, 9.17) is 5.73 Å². The van der Waals surface area contributed by atoms with Crippen molar-refractivity contribution in [2.75, 3.05) is 13.1 Å². The van der Waals surface area contributed by atoms with Crippen LogP contribution in [0.15, 0.2) is 24.5 Å². The van der Waals surface area contributed by atoms with E-state index < -0.39 is 41.6 Å². The number of aliphatic hydroxyl groups excluding tert-OH is 1. The molecule has 0 saturated carbocycles. The van der Waals surface area contributed by atoms with Crippen LogP contribution in [0.5, 0.6) is 0 Å². The van der Waals surface area contributed by atoms with Gasteiger partial charge in [-0.1, -0.05) is 0 Å².